The van der Waals surface area contributed by atoms with Gasteiger partial charge in [-0.15, -0.1) is 0 Å². The Hall–Kier alpha value is -2.00. The van der Waals surface area contributed by atoms with E-state index in [-0.39, 0.29) is 5.41 Å². The highest BCUT2D eigenvalue weighted by Crippen LogP contribution is 2.30. The summed E-state index contributed by atoms with van der Waals surface area (Å²) in [6.07, 6.45) is 0. The Bertz CT molecular complexity index is 559. The number of phenolic OH excluding ortho intramolecular Hbond substituents is 1. The zero-order valence-corrected chi connectivity index (χ0v) is 12.3. The Morgan fingerprint density at radius 2 is 1.70 bits per heavy atom. The lowest BCUT2D eigenvalue weighted by molar-refractivity contribution is 0.445. The van der Waals surface area contributed by atoms with Crippen molar-refractivity contribution in [3.05, 3.63) is 59.7 Å². The molecule has 2 aromatic rings. The fourth-order valence-corrected chi connectivity index (χ4v) is 2.09. The summed E-state index contributed by atoms with van der Waals surface area (Å²) >= 11 is 0. The van der Waals surface area contributed by atoms with Crippen LogP contribution in [0.15, 0.2) is 48.5 Å². The zero-order valence-electron chi connectivity index (χ0n) is 12.3. The molecule has 0 aromatic heterocycles. The smallest absolute Gasteiger partial charge is 0.119 e. The molecule has 20 heavy (non-hydrogen) atoms. The maximum Gasteiger partial charge on any atom is 0.119 e. The molecule has 0 unspecified atom stereocenters. The van der Waals surface area contributed by atoms with Crippen LogP contribution in [0.4, 0.5) is 5.69 Å². The summed E-state index contributed by atoms with van der Waals surface area (Å²) in [7, 11) is 0. The maximum absolute atomic E-state index is 10.1. The van der Waals surface area contributed by atoms with Crippen LogP contribution in [0.5, 0.6) is 5.75 Å². The lowest BCUT2D eigenvalue weighted by Gasteiger charge is -2.21. The Labute approximate surface area is 120 Å². The maximum atomic E-state index is 10.1. The third kappa shape index (κ3) is 3.75. The third-order valence-electron chi connectivity index (χ3n) is 3.17. The molecule has 0 aliphatic rings. The topological polar surface area (TPSA) is 44.3 Å². The van der Waals surface area contributed by atoms with E-state index in [0.29, 0.717) is 12.3 Å². The molecule has 0 aliphatic heterocycles. The number of rotatable bonds is 4. The highest BCUT2D eigenvalue weighted by Gasteiger charge is 2.17. The number of anilines is 1. The second kappa shape index (κ2) is 5.97. The highest BCUT2D eigenvalue weighted by atomic mass is 16.3. The van der Waals surface area contributed by atoms with Crippen LogP contribution in [-0.4, -0.2) is 5.11 Å². The van der Waals surface area contributed by atoms with Crippen molar-refractivity contribution < 1.29 is 5.11 Å². The van der Waals surface area contributed by atoms with Crippen molar-refractivity contribution in [3.8, 4) is 5.75 Å². The standard InChI is InChI=1S/C17H22N2O/c1-17(2,3)15-10-9-13(11-16(15)20)12-18-19-14-7-5-4-6-8-14/h4-11,18-20H,12H2,1-3H3. The molecule has 2 rings (SSSR count). The normalized spacial score (nSPS) is 11.3. The van der Waals surface area contributed by atoms with Crippen LogP contribution >= 0.6 is 0 Å². The zero-order chi connectivity index (χ0) is 14.6. The molecule has 0 saturated heterocycles. The van der Waals surface area contributed by atoms with Crippen LogP contribution in [0.2, 0.25) is 0 Å². The first-order chi connectivity index (χ1) is 9.47. The van der Waals surface area contributed by atoms with Crippen LogP contribution in [0.1, 0.15) is 31.9 Å². The van der Waals surface area contributed by atoms with Crippen LogP contribution < -0.4 is 10.9 Å². The molecule has 0 atom stereocenters. The van der Waals surface area contributed by atoms with Gasteiger partial charge in [0, 0.05) is 12.2 Å². The fraction of sp³-hybridized carbons (Fsp3) is 0.294. The minimum atomic E-state index is -0.0433. The molecule has 0 aliphatic carbocycles. The van der Waals surface area contributed by atoms with E-state index in [1.807, 2.05) is 48.5 Å². The highest BCUT2D eigenvalue weighted by molar-refractivity contribution is 5.42. The molecule has 0 fully saturated rings. The SMILES string of the molecule is CC(C)(C)c1ccc(CNNc2ccccc2)cc1O. The second-order valence-electron chi connectivity index (χ2n) is 5.95. The Morgan fingerprint density at radius 3 is 2.30 bits per heavy atom. The van der Waals surface area contributed by atoms with E-state index in [0.717, 1.165) is 16.8 Å². The molecule has 3 N–H and O–H groups in total. The Kier molecular flexibility index (Phi) is 4.30. The number of para-hydroxylation sites is 1. The number of aromatic hydroxyl groups is 1. The Balaban J connectivity index is 1.96. The summed E-state index contributed by atoms with van der Waals surface area (Å²) in [5, 5.41) is 10.1. The first-order valence-electron chi connectivity index (χ1n) is 6.83. The van der Waals surface area contributed by atoms with Gasteiger partial charge < -0.3 is 10.5 Å². The van der Waals surface area contributed by atoms with Crippen molar-refractivity contribution in [3.63, 3.8) is 0 Å². The second-order valence-corrected chi connectivity index (χ2v) is 5.95. The largest absolute Gasteiger partial charge is 0.508 e. The molecule has 0 saturated carbocycles. The average molecular weight is 270 g/mol. The number of hydrogen-bond donors (Lipinski definition) is 3. The van der Waals surface area contributed by atoms with E-state index < -0.39 is 0 Å². The van der Waals surface area contributed by atoms with Gasteiger partial charge in [-0.25, -0.2) is 5.43 Å². The van der Waals surface area contributed by atoms with Gasteiger partial charge in [0.15, 0.2) is 0 Å². The lowest BCUT2D eigenvalue weighted by Crippen LogP contribution is -2.21. The quantitative estimate of drug-likeness (QED) is 0.740. The first-order valence-corrected chi connectivity index (χ1v) is 6.83. The van der Waals surface area contributed by atoms with Gasteiger partial charge in [0.1, 0.15) is 5.75 Å². The van der Waals surface area contributed by atoms with Gasteiger partial charge in [-0.05, 0) is 34.7 Å². The molecule has 0 amide bonds. The molecular formula is C17H22N2O. The van der Waals surface area contributed by atoms with Gasteiger partial charge in [-0.1, -0.05) is 51.1 Å². The summed E-state index contributed by atoms with van der Waals surface area (Å²) in [6, 6.07) is 15.8. The number of phenols is 1. The minimum Gasteiger partial charge on any atom is -0.508 e. The summed E-state index contributed by atoms with van der Waals surface area (Å²) in [5.41, 5.74) is 9.25. The number of hydrogen-bond acceptors (Lipinski definition) is 3. The molecule has 2 aromatic carbocycles. The summed E-state index contributed by atoms with van der Waals surface area (Å²) < 4.78 is 0. The van der Waals surface area contributed by atoms with Crippen molar-refractivity contribution in [2.45, 2.75) is 32.7 Å². The van der Waals surface area contributed by atoms with Gasteiger partial charge >= 0.3 is 0 Å². The number of hydrazine groups is 1. The number of nitrogens with one attached hydrogen (secondary N) is 2. The fourth-order valence-electron chi connectivity index (χ4n) is 2.09. The van der Waals surface area contributed by atoms with Gasteiger partial charge in [-0.2, -0.15) is 0 Å². The molecule has 0 radical (unpaired) electrons. The predicted molar refractivity (Wildman–Crippen MR) is 83.7 cm³/mol. The lowest BCUT2D eigenvalue weighted by atomic mass is 9.86. The Morgan fingerprint density at radius 1 is 1.00 bits per heavy atom. The molecule has 0 bridgehead atoms. The molecule has 3 nitrogen and oxygen atoms in total. The van der Waals surface area contributed by atoms with Crippen LogP contribution in [-0.2, 0) is 12.0 Å². The van der Waals surface area contributed by atoms with Crippen molar-refractivity contribution in [1.29, 1.82) is 0 Å². The van der Waals surface area contributed by atoms with E-state index in [1.54, 1.807) is 0 Å². The van der Waals surface area contributed by atoms with Crippen LogP contribution in [0.25, 0.3) is 0 Å². The molecular weight excluding hydrogens is 248 g/mol. The van der Waals surface area contributed by atoms with Gasteiger partial charge in [0.25, 0.3) is 0 Å². The third-order valence-corrected chi connectivity index (χ3v) is 3.17. The van der Waals surface area contributed by atoms with E-state index in [2.05, 4.69) is 31.6 Å². The van der Waals surface area contributed by atoms with Crippen molar-refractivity contribution in [1.82, 2.24) is 5.43 Å². The summed E-state index contributed by atoms with van der Waals surface area (Å²) in [5.74, 6) is 0.358. The van der Waals surface area contributed by atoms with E-state index in [9.17, 15) is 5.11 Å². The van der Waals surface area contributed by atoms with Crippen molar-refractivity contribution in [2.24, 2.45) is 0 Å². The predicted octanol–water partition coefficient (Wildman–Crippen LogP) is 3.81. The summed E-state index contributed by atoms with van der Waals surface area (Å²) in [4.78, 5) is 0. The van der Waals surface area contributed by atoms with E-state index in [1.165, 1.54) is 0 Å². The van der Waals surface area contributed by atoms with Gasteiger partial charge in [0.05, 0.1) is 0 Å². The van der Waals surface area contributed by atoms with E-state index in [4.69, 9.17) is 0 Å². The average Bonchev–Trinajstić information content (AvgIpc) is 2.38. The molecule has 0 heterocycles. The monoisotopic (exact) mass is 270 g/mol. The molecule has 106 valence electrons. The molecule has 0 spiro atoms. The first kappa shape index (κ1) is 14.4. The minimum absolute atomic E-state index is 0.0433. The van der Waals surface area contributed by atoms with Gasteiger partial charge in [-0.3, -0.25) is 0 Å². The number of benzene rings is 2. The van der Waals surface area contributed by atoms with Crippen molar-refractivity contribution >= 4 is 5.69 Å². The van der Waals surface area contributed by atoms with Crippen LogP contribution in [0, 0.1) is 0 Å². The van der Waals surface area contributed by atoms with Gasteiger partial charge in [0.2, 0.25) is 0 Å². The van der Waals surface area contributed by atoms with Crippen LogP contribution in [0.3, 0.4) is 0 Å². The summed E-state index contributed by atoms with van der Waals surface area (Å²) in [6.45, 7) is 6.93. The van der Waals surface area contributed by atoms with Crippen molar-refractivity contribution in [2.75, 3.05) is 5.43 Å². The van der Waals surface area contributed by atoms with E-state index >= 15 is 0 Å². The molecule has 3 heteroatoms.